The van der Waals surface area contributed by atoms with Crippen molar-refractivity contribution in [2.75, 3.05) is 4.72 Å². The Morgan fingerprint density at radius 2 is 1.80 bits per heavy atom. The Bertz CT molecular complexity index is 918. The van der Waals surface area contributed by atoms with Gasteiger partial charge in [0.15, 0.2) is 0 Å². The molecule has 2 rings (SSSR count). The first-order valence-corrected chi connectivity index (χ1v) is 8.17. The zero-order valence-electron chi connectivity index (χ0n) is 12.0. The Labute approximate surface area is 144 Å². The topological polar surface area (TPSA) is 98.5 Å². The van der Waals surface area contributed by atoms with Gasteiger partial charge in [-0.3, -0.25) is 14.8 Å². The fraction of sp³-hybridized carbons (Fsp3) is 0.0769. The van der Waals surface area contributed by atoms with Crippen molar-refractivity contribution in [2.45, 2.75) is 11.3 Å². The molecule has 1 N–H and O–H groups in total. The number of halogens is 4. The second kappa shape index (κ2) is 6.76. The van der Waals surface area contributed by atoms with E-state index in [1.165, 1.54) is 6.07 Å². The molecule has 0 aliphatic rings. The van der Waals surface area contributed by atoms with E-state index >= 15 is 0 Å². The van der Waals surface area contributed by atoms with Crippen LogP contribution in [0.15, 0.2) is 47.4 Å². The van der Waals surface area contributed by atoms with E-state index in [1.807, 2.05) is 4.72 Å². The second-order valence-corrected chi connectivity index (χ2v) is 6.58. The zero-order chi connectivity index (χ0) is 18.8. The molecule has 0 aromatic heterocycles. The van der Waals surface area contributed by atoms with E-state index in [1.54, 1.807) is 0 Å². The van der Waals surface area contributed by atoms with Gasteiger partial charge in [0.05, 0.1) is 10.6 Å². The number of hydrogen-bond acceptors (Lipinski definition) is 5. The van der Waals surface area contributed by atoms with E-state index in [0.717, 1.165) is 36.4 Å². The van der Waals surface area contributed by atoms with E-state index in [4.69, 9.17) is 11.6 Å². The number of hydrogen-bond donors (Lipinski definition) is 1. The minimum absolute atomic E-state index is 0.228. The van der Waals surface area contributed by atoms with Gasteiger partial charge in [0.2, 0.25) is 0 Å². The lowest BCUT2D eigenvalue weighted by Crippen LogP contribution is -2.20. The van der Waals surface area contributed by atoms with Crippen molar-refractivity contribution in [3.63, 3.8) is 0 Å². The van der Waals surface area contributed by atoms with Crippen LogP contribution >= 0.6 is 11.6 Å². The lowest BCUT2D eigenvalue weighted by molar-refractivity contribution is -0.384. The Kier molecular flexibility index (Phi) is 5.09. The summed E-state index contributed by atoms with van der Waals surface area (Å²) < 4.78 is 67.4. The minimum atomic E-state index is -5.09. The third-order valence-electron chi connectivity index (χ3n) is 2.76. The standard InChI is InChI=1S/C13H8ClF3N2O5S/c14-9-6-5-8(7-10(9)19(20)21)18-25(22,23)12-4-2-1-3-11(12)24-13(15,16)17/h1-7,18H. The quantitative estimate of drug-likeness (QED) is 0.609. The fourth-order valence-corrected chi connectivity index (χ4v) is 3.17. The van der Waals surface area contributed by atoms with Gasteiger partial charge in [0.25, 0.3) is 15.7 Å². The maximum absolute atomic E-state index is 12.4. The van der Waals surface area contributed by atoms with Crippen LogP contribution in [0.5, 0.6) is 5.75 Å². The average molecular weight is 397 g/mol. The van der Waals surface area contributed by atoms with Gasteiger partial charge in [-0.2, -0.15) is 0 Å². The predicted octanol–water partition coefficient (Wildman–Crippen LogP) is 3.95. The highest BCUT2D eigenvalue weighted by molar-refractivity contribution is 7.92. The molecule has 7 nitrogen and oxygen atoms in total. The number of sulfonamides is 1. The molecule has 0 heterocycles. The maximum Gasteiger partial charge on any atom is 0.573 e. The summed E-state index contributed by atoms with van der Waals surface area (Å²) in [6, 6.07) is 7.12. The van der Waals surface area contributed by atoms with Crippen molar-refractivity contribution >= 4 is 33.0 Å². The van der Waals surface area contributed by atoms with Crippen molar-refractivity contribution < 1.29 is 31.2 Å². The van der Waals surface area contributed by atoms with Gasteiger partial charge in [-0.15, -0.1) is 13.2 Å². The summed E-state index contributed by atoms with van der Waals surface area (Å²) in [4.78, 5) is 9.20. The molecule has 0 unspecified atom stereocenters. The predicted molar refractivity (Wildman–Crippen MR) is 82.0 cm³/mol. The van der Waals surface area contributed by atoms with Crippen LogP contribution in [-0.2, 0) is 10.0 Å². The van der Waals surface area contributed by atoms with Crippen molar-refractivity contribution in [1.29, 1.82) is 0 Å². The normalized spacial score (nSPS) is 11.8. The summed E-state index contributed by atoms with van der Waals surface area (Å²) in [5, 5.41) is 10.6. The van der Waals surface area contributed by atoms with Gasteiger partial charge >= 0.3 is 6.36 Å². The molecular formula is C13H8ClF3N2O5S. The molecule has 0 saturated heterocycles. The molecule has 12 heteroatoms. The number of anilines is 1. The van der Waals surface area contributed by atoms with Gasteiger partial charge in [-0.25, -0.2) is 8.42 Å². The summed E-state index contributed by atoms with van der Waals surface area (Å²) in [6.45, 7) is 0. The van der Waals surface area contributed by atoms with Crippen LogP contribution in [0.25, 0.3) is 0 Å². The van der Waals surface area contributed by atoms with Crippen LogP contribution in [0.4, 0.5) is 24.5 Å². The smallest absolute Gasteiger partial charge is 0.404 e. The number of nitrogens with one attached hydrogen (secondary N) is 1. The SMILES string of the molecule is O=[N+]([O-])c1cc(NS(=O)(=O)c2ccccc2OC(F)(F)F)ccc1Cl. The van der Waals surface area contributed by atoms with Crippen LogP contribution in [0.3, 0.4) is 0 Å². The molecule has 2 aromatic rings. The highest BCUT2D eigenvalue weighted by atomic mass is 35.5. The van der Waals surface area contributed by atoms with Crippen LogP contribution in [0.2, 0.25) is 5.02 Å². The monoisotopic (exact) mass is 396 g/mol. The molecule has 0 bridgehead atoms. The number of ether oxygens (including phenoxy) is 1. The number of nitrogens with zero attached hydrogens (tertiary/aromatic N) is 1. The van der Waals surface area contributed by atoms with Gasteiger partial charge in [-0.05, 0) is 24.3 Å². The first kappa shape index (κ1) is 18.8. The number of para-hydroxylation sites is 1. The summed E-state index contributed by atoms with van der Waals surface area (Å²) in [6.07, 6.45) is -5.09. The van der Waals surface area contributed by atoms with Gasteiger partial charge < -0.3 is 4.74 Å². The lowest BCUT2D eigenvalue weighted by Gasteiger charge is -2.14. The molecule has 2 aromatic carbocycles. The number of alkyl halides is 3. The van der Waals surface area contributed by atoms with Crippen LogP contribution in [0.1, 0.15) is 0 Å². The maximum atomic E-state index is 12.4. The molecule has 0 aliphatic carbocycles. The average Bonchev–Trinajstić information content (AvgIpc) is 2.47. The largest absolute Gasteiger partial charge is 0.573 e. The molecule has 0 atom stereocenters. The molecule has 0 saturated carbocycles. The van der Waals surface area contributed by atoms with E-state index < -0.39 is 37.6 Å². The number of rotatable bonds is 5. The van der Waals surface area contributed by atoms with E-state index in [9.17, 15) is 31.7 Å². The zero-order valence-corrected chi connectivity index (χ0v) is 13.5. The first-order chi connectivity index (χ1) is 11.5. The minimum Gasteiger partial charge on any atom is -0.404 e. The van der Waals surface area contributed by atoms with Crippen molar-refractivity contribution in [2.24, 2.45) is 0 Å². The molecule has 25 heavy (non-hydrogen) atoms. The Morgan fingerprint density at radius 3 is 2.40 bits per heavy atom. The van der Waals surface area contributed by atoms with Crippen LogP contribution in [-0.4, -0.2) is 19.7 Å². The summed E-state index contributed by atoms with van der Waals surface area (Å²) in [5.41, 5.74) is -0.820. The van der Waals surface area contributed by atoms with Crippen LogP contribution < -0.4 is 9.46 Å². The Balaban J connectivity index is 2.41. The van der Waals surface area contributed by atoms with E-state index in [0.29, 0.717) is 0 Å². The van der Waals surface area contributed by atoms with Crippen LogP contribution in [0, 0.1) is 10.1 Å². The van der Waals surface area contributed by atoms with Crippen molar-refractivity contribution in [3.05, 3.63) is 57.6 Å². The van der Waals surface area contributed by atoms with E-state index in [-0.39, 0.29) is 10.7 Å². The molecule has 0 spiro atoms. The fourth-order valence-electron chi connectivity index (χ4n) is 1.81. The Morgan fingerprint density at radius 1 is 1.16 bits per heavy atom. The number of benzene rings is 2. The summed E-state index contributed by atoms with van der Waals surface area (Å²) in [7, 11) is -4.51. The Hall–Kier alpha value is -2.53. The molecule has 134 valence electrons. The highest BCUT2D eigenvalue weighted by Crippen LogP contribution is 2.32. The first-order valence-electron chi connectivity index (χ1n) is 6.31. The van der Waals surface area contributed by atoms with Crippen molar-refractivity contribution in [1.82, 2.24) is 0 Å². The highest BCUT2D eigenvalue weighted by Gasteiger charge is 2.34. The molecule has 0 fully saturated rings. The second-order valence-electron chi connectivity index (χ2n) is 4.52. The molecule has 0 aliphatic heterocycles. The molecule has 0 amide bonds. The molecule has 0 radical (unpaired) electrons. The molecular weight excluding hydrogens is 389 g/mol. The number of nitro groups is 1. The van der Waals surface area contributed by atoms with Gasteiger partial charge in [-0.1, -0.05) is 23.7 Å². The summed E-state index contributed by atoms with van der Waals surface area (Å²) >= 11 is 5.61. The van der Waals surface area contributed by atoms with E-state index in [2.05, 4.69) is 4.74 Å². The number of nitro benzene ring substituents is 1. The third kappa shape index (κ3) is 4.73. The van der Waals surface area contributed by atoms with Gasteiger partial charge in [0, 0.05) is 6.07 Å². The lowest BCUT2D eigenvalue weighted by atomic mass is 10.3. The third-order valence-corrected chi connectivity index (χ3v) is 4.50. The van der Waals surface area contributed by atoms with Crippen molar-refractivity contribution in [3.8, 4) is 5.75 Å². The van der Waals surface area contributed by atoms with Gasteiger partial charge in [0.1, 0.15) is 15.7 Å². The summed E-state index contributed by atoms with van der Waals surface area (Å²) in [5.74, 6) is -0.939.